The average Bonchev–Trinajstić information content (AvgIpc) is 2.95. The standard InChI is InChI=1S/C18H25NO6S/c1-2-3-4-10-24-16-7-5-14(6-8-16)18(21)25-12-17(20)19-15-9-11-26(22,23)13-15/h5-8,15H,2-4,9-13H2,1H3,(H,19,20)/t15-/m1/s1. The van der Waals surface area contributed by atoms with Gasteiger partial charge in [-0.15, -0.1) is 0 Å². The summed E-state index contributed by atoms with van der Waals surface area (Å²) in [5.74, 6) is -0.428. The van der Waals surface area contributed by atoms with Crippen molar-refractivity contribution in [3.05, 3.63) is 29.8 Å². The van der Waals surface area contributed by atoms with Crippen LogP contribution in [0.3, 0.4) is 0 Å². The number of rotatable bonds is 9. The fraction of sp³-hybridized carbons (Fsp3) is 0.556. The molecule has 0 unspecified atom stereocenters. The molecule has 1 aromatic carbocycles. The van der Waals surface area contributed by atoms with E-state index in [4.69, 9.17) is 9.47 Å². The number of carbonyl (C=O) groups is 2. The van der Waals surface area contributed by atoms with Gasteiger partial charge in [0.1, 0.15) is 5.75 Å². The first-order chi connectivity index (χ1) is 12.4. The molecule has 0 aromatic heterocycles. The summed E-state index contributed by atoms with van der Waals surface area (Å²) in [5.41, 5.74) is 0.321. The van der Waals surface area contributed by atoms with Crippen LogP contribution >= 0.6 is 0 Å². The van der Waals surface area contributed by atoms with E-state index in [0.717, 1.165) is 19.3 Å². The Hall–Kier alpha value is -2.09. The second kappa shape index (κ2) is 9.56. The molecule has 0 aliphatic carbocycles. The number of hydrogen-bond donors (Lipinski definition) is 1. The molecule has 8 heteroatoms. The van der Waals surface area contributed by atoms with Crippen molar-refractivity contribution < 1.29 is 27.5 Å². The molecule has 7 nitrogen and oxygen atoms in total. The molecule has 1 N–H and O–H groups in total. The Kier molecular flexibility index (Phi) is 7.44. The molecule has 2 rings (SSSR count). The molecule has 144 valence electrons. The van der Waals surface area contributed by atoms with Crippen LogP contribution in [0.4, 0.5) is 0 Å². The molecule has 1 fully saturated rings. The number of unbranched alkanes of at least 4 members (excludes halogenated alkanes) is 2. The van der Waals surface area contributed by atoms with Gasteiger partial charge in [-0.05, 0) is 37.1 Å². The van der Waals surface area contributed by atoms with Crippen molar-refractivity contribution in [1.82, 2.24) is 5.32 Å². The number of esters is 1. The Labute approximate surface area is 154 Å². The smallest absolute Gasteiger partial charge is 0.338 e. The Bertz CT molecular complexity index is 714. The third-order valence-electron chi connectivity index (χ3n) is 4.04. The average molecular weight is 383 g/mol. The molecule has 1 aliphatic heterocycles. The predicted molar refractivity (Wildman–Crippen MR) is 96.9 cm³/mol. The first-order valence-electron chi connectivity index (χ1n) is 8.79. The summed E-state index contributed by atoms with van der Waals surface area (Å²) in [6.07, 6.45) is 3.61. The van der Waals surface area contributed by atoms with E-state index in [9.17, 15) is 18.0 Å². The van der Waals surface area contributed by atoms with E-state index in [2.05, 4.69) is 12.2 Å². The van der Waals surface area contributed by atoms with Gasteiger partial charge in [0.25, 0.3) is 5.91 Å². The van der Waals surface area contributed by atoms with Gasteiger partial charge in [0.15, 0.2) is 16.4 Å². The van der Waals surface area contributed by atoms with Crippen LogP contribution in [-0.4, -0.2) is 51.1 Å². The van der Waals surface area contributed by atoms with E-state index >= 15 is 0 Å². The van der Waals surface area contributed by atoms with Crippen molar-refractivity contribution in [2.45, 2.75) is 38.6 Å². The third-order valence-corrected chi connectivity index (χ3v) is 5.81. The Morgan fingerprint density at radius 3 is 2.54 bits per heavy atom. The van der Waals surface area contributed by atoms with Gasteiger partial charge in [0.2, 0.25) is 0 Å². The molecule has 1 heterocycles. The van der Waals surface area contributed by atoms with Gasteiger partial charge in [0.05, 0.1) is 23.7 Å². The van der Waals surface area contributed by atoms with Crippen LogP contribution in [0.2, 0.25) is 0 Å². The lowest BCUT2D eigenvalue weighted by atomic mass is 10.2. The minimum absolute atomic E-state index is 0.0631. The van der Waals surface area contributed by atoms with Crippen LogP contribution in [0, 0.1) is 0 Å². The summed E-state index contributed by atoms with van der Waals surface area (Å²) in [6.45, 7) is 2.32. The maximum Gasteiger partial charge on any atom is 0.338 e. The molecule has 1 amide bonds. The van der Waals surface area contributed by atoms with Crippen molar-refractivity contribution in [3.63, 3.8) is 0 Å². The Balaban J connectivity index is 1.72. The number of hydrogen-bond acceptors (Lipinski definition) is 6. The summed E-state index contributed by atoms with van der Waals surface area (Å²) in [6, 6.07) is 6.13. The molecule has 0 bridgehead atoms. The third kappa shape index (κ3) is 6.67. The van der Waals surface area contributed by atoms with Crippen LogP contribution in [0.5, 0.6) is 5.75 Å². The highest BCUT2D eigenvalue weighted by atomic mass is 32.2. The Morgan fingerprint density at radius 1 is 1.19 bits per heavy atom. The fourth-order valence-corrected chi connectivity index (χ4v) is 4.30. The number of carbonyl (C=O) groups excluding carboxylic acids is 2. The molecule has 1 aliphatic rings. The van der Waals surface area contributed by atoms with Gasteiger partial charge in [-0.25, -0.2) is 13.2 Å². The van der Waals surface area contributed by atoms with E-state index in [1.165, 1.54) is 0 Å². The highest BCUT2D eigenvalue weighted by Crippen LogP contribution is 2.14. The minimum Gasteiger partial charge on any atom is -0.494 e. The van der Waals surface area contributed by atoms with Crippen molar-refractivity contribution in [2.24, 2.45) is 0 Å². The highest BCUT2D eigenvalue weighted by molar-refractivity contribution is 7.91. The van der Waals surface area contributed by atoms with Gasteiger partial charge in [0, 0.05) is 6.04 Å². The monoisotopic (exact) mass is 383 g/mol. The SMILES string of the molecule is CCCCCOc1ccc(C(=O)OCC(=O)N[C@@H]2CCS(=O)(=O)C2)cc1. The molecular formula is C18H25NO6S. The van der Waals surface area contributed by atoms with Gasteiger partial charge < -0.3 is 14.8 Å². The van der Waals surface area contributed by atoms with Gasteiger partial charge in [-0.3, -0.25) is 4.79 Å². The number of amides is 1. The van der Waals surface area contributed by atoms with Crippen molar-refractivity contribution in [1.29, 1.82) is 0 Å². The van der Waals surface area contributed by atoms with Crippen LogP contribution in [0.15, 0.2) is 24.3 Å². The second-order valence-corrected chi connectivity index (χ2v) is 8.55. The van der Waals surface area contributed by atoms with Gasteiger partial charge in [-0.2, -0.15) is 0 Å². The van der Waals surface area contributed by atoms with E-state index in [-0.39, 0.29) is 11.5 Å². The van der Waals surface area contributed by atoms with Crippen molar-refractivity contribution in [2.75, 3.05) is 24.7 Å². The first kappa shape index (κ1) is 20.2. The zero-order valence-electron chi connectivity index (χ0n) is 14.9. The van der Waals surface area contributed by atoms with E-state index in [1.807, 2.05) is 0 Å². The number of ether oxygens (including phenoxy) is 2. The first-order valence-corrected chi connectivity index (χ1v) is 10.6. The van der Waals surface area contributed by atoms with Crippen LogP contribution in [-0.2, 0) is 19.4 Å². The van der Waals surface area contributed by atoms with Crippen LogP contribution in [0.25, 0.3) is 0 Å². The number of nitrogens with one attached hydrogen (secondary N) is 1. The zero-order chi connectivity index (χ0) is 19.0. The summed E-state index contributed by atoms with van der Waals surface area (Å²) in [7, 11) is -3.06. The quantitative estimate of drug-likeness (QED) is 0.515. The highest BCUT2D eigenvalue weighted by Gasteiger charge is 2.29. The molecule has 1 aromatic rings. The molecule has 0 radical (unpaired) electrons. The van der Waals surface area contributed by atoms with E-state index in [1.54, 1.807) is 24.3 Å². The summed E-state index contributed by atoms with van der Waals surface area (Å²) < 4.78 is 33.2. The van der Waals surface area contributed by atoms with Crippen molar-refractivity contribution >= 4 is 21.7 Å². The normalized spacial score (nSPS) is 18.3. The van der Waals surface area contributed by atoms with Gasteiger partial charge >= 0.3 is 5.97 Å². The van der Waals surface area contributed by atoms with Gasteiger partial charge in [-0.1, -0.05) is 19.8 Å². The lowest BCUT2D eigenvalue weighted by Crippen LogP contribution is -2.38. The molecular weight excluding hydrogens is 358 g/mol. The molecule has 0 spiro atoms. The fourth-order valence-electron chi connectivity index (χ4n) is 2.62. The largest absolute Gasteiger partial charge is 0.494 e. The number of benzene rings is 1. The maximum atomic E-state index is 12.0. The van der Waals surface area contributed by atoms with Crippen LogP contribution in [0.1, 0.15) is 43.0 Å². The summed E-state index contributed by atoms with van der Waals surface area (Å²) in [4.78, 5) is 23.7. The number of sulfone groups is 1. The van der Waals surface area contributed by atoms with E-state index < -0.39 is 34.4 Å². The Morgan fingerprint density at radius 2 is 1.92 bits per heavy atom. The summed E-state index contributed by atoms with van der Waals surface area (Å²) >= 11 is 0. The topological polar surface area (TPSA) is 98.8 Å². The molecule has 0 saturated carbocycles. The second-order valence-electron chi connectivity index (χ2n) is 6.32. The molecule has 1 atom stereocenters. The zero-order valence-corrected chi connectivity index (χ0v) is 15.7. The van der Waals surface area contributed by atoms with Crippen LogP contribution < -0.4 is 10.1 Å². The minimum atomic E-state index is -3.06. The lowest BCUT2D eigenvalue weighted by Gasteiger charge is -2.11. The predicted octanol–water partition coefficient (Wildman–Crippen LogP) is 1.72. The lowest BCUT2D eigenvalue weighted by molar-refractivity contribution is -0.124. The van der Waals surface area contributed by atoms with Crippen molar-refractivity contribution in [3.8, 4) is 5.75 Å². The summed E-state index contributed by atoms with van der Waals surface area (Å²) in [5, 5.41) is 2.57. The maximum absolute atomic E-state index is 12.0. The molecule has 1 saturated heterocycles. The molecule has 26 heavy (non-hydrogen) atoms. The van der Waals surface area contributed by atoms with E-state index in [0.29, 0.717) is 24.3 Å².